The third kappa shape index (κ3) is 6.81. The van der Waals surface area contributed by atoms with E-state index in [1.807, 2.05) is 67.6 Å². The third-order valence-corrected chi connectivity index (χ3v) is 4.24. The Labute approximate surface area is 180 Å². The van der Waals surface area contributed by atoms with Crippen molar-refractivity contribution in [1.82, 2.24) is 0 Å². The maximum atomic E-state index is 11.3. The first-order valence-corrected chi connectivity index (χ1v) is 7.93. The Bertz CT molecular complexity index is 640. The molecule has 0 radical (unpaired) electrons. The van der Waals surface area contributed by atoms with Crippen LogP contribution in [0.1, 0.15) is 27.3 Å². The van der Waals surface area contributed by atoms with Crippen molar-refractivity contribution >= 4 is 49.7 Å². The van der Waals surface area contributed by atoms with Crippen molar-refractivity contribution in [3.63, 3.8) is 0 Å². The fourth-order valence-electron chi connectivity index (χ4n) is 3.16. The molecule has 0 aromatic heterocycles. The predicted octanol–water partition coefficient (Wildman–Crippen LogP) is 3.50. The molecule has 0 saturated heterocycles. The van der Waals surface area contributed by atoms with Crippen molar-refractivity contribution in [3.8, 4) is 0 Å². The normalized spacial score (nSPS) is 11.0. The van der Waals surface area contributed by atoms with Crippen LogP contribution < -0.4 is 0 Å². The van der Waals surface area contributed by atoms with Gasteiger partial charge in [0.15, 0.2) is 5.92 Å². The van der Waals surface area contributed by atoms with Crippen molar-refractivity contribution in [2.24, 2.45) is 11.3 Å². The van der Waals surface area contributed by atoms with Gasteiger partial charge < -0.3 is 13.1 Å². The zero-order chi connectivity index (χ0) is 17.6. The Kier molecular flexibility index (Phi) is 8.63. The van der Waals surface area contributed by atoms with Crippen LogP contribution >= 0.6 is 0 Å². The molecule has 0 amide bonds. The fraction of sp³-hybridized carbons (Fsp3) is 0.300. The number of carboxylic acid groups (broad SMARTS) is 2. The van der Waals surface area contributed by atoms with Crippen molar-refractivity contribution in [2.45, 2.75) is 26.2 Å². The first-order valence-electron chi connectivity index (χ1n) is 7.93. The van der Waals surface area contributed by atoms with Crippen LogP contribution in [0.3, 0.4) is 0 Å². The minimum atomic E-state index is -1.40. The molecule has 4 nitrogen and oxygen atoms in total. The Balaban J connectivity index is 0. The molecule has 0 aliphatic carbocycles. The SMILES string of the molecule is CC(Cc1ccccc1)(Cc1ccccc1)CC(C(=O)O)C(=O)O.[Ca+2].[H-].[H-]. The molecule has 0 atom stereocenters. The van der Waals surface area contributed by atoms with Gasteiger partial charge in [-0.2, -0.15) is 0 Å². The largest absolute Gasteiger partial charge is 2.00 e. The second kappa shape index (κ2) is 9.95. The van der Waals surface area contributed by atoms with Crippen LogP contribution in [-0.2, 0) is 22.4 Å². The Hall–Kier alpha value is -1.36. The van der Waals surface area contributed by atoms with Crippen LogP contribution in [0.4, 0.5) is 0 Å². The van der Waals surface area contributed by atoms with E-state index in [1.54, 1.807) is 0 Å². The summed E-state index contributed by atoms with van der Waals surface area (Å²) < 4.78 is 0. The van der Waals surface area contributed by atoms with Crippen molar-refractivity contribution in [2.75, 3.05) is 0 Å². The quantitative estimate of drug-likeness (QED) is 0.552. The summed E-state index contributed by atoms with van der Waals surface area (Å²) >= 11 is 0. The average Bonchev–Trinajstić information content (AvgIpc) is 2.54. The van der Waals surface area contributed by atoms with Gasteiger partial charge in [-0.25, -0.2) is 0 Å². The summed E-state index contributed by atoms with van der Waals surface area (Å²) in [5.41, 5.74) is 1.68. The van der Waals surface area contributed by atoms with Gasteiger partial charge in [-0.3, -0.25) is 9.59 Å². The molecule has 0 bridgehead atoms. The second-order valence-electron chi connectivity index (χ2n) is 6.57. The van der Waals surface area contributed by atoms with Crippen molar-refractivity contribution in [3.05, 3.63) is 71.8 Å². The predicted molar refractivity (Wildman–Crippen MR) is 99.8 cm³/mol. The van der Waals surface area contributed by atoms with E-state index in [9.17, 15) is 19.8 Å². The molecule has 0 heterocycles. The first-order chi connectivity index (χ1) is 11.4. The van der Waals surface area contributed by atoms with Gasteiger partial charge in [-0.05, 0) is 35.8 Å². The molecule has 0 spiro atoms. The molecule has 0 saturated carbocycles. The maximum Gasteiger partial charge on any atom is 2.00 e. The summed E-state index contributed by atoms with van der Waals surface area (Å²) in [6.45, 7) is 1.96. The Morgan fingerprint density at radius 3 is 1.56 bits per heavy atom. The Morgan fingerprint density at radius 1 is 0.880 bits per heavy atom. The molecule has 2 aromatic rings. The van der Waals surface area contributed by atoms with E-state index in [-0.39, 0.29) is 47.0 Å². The Morgan fingerprint density at radius 2 is 1.24 bits per heavy atom. The minimum absolute atomic E-state index is 0. The smallest absolute Gasteiger partial charge is 1.00 e. The summed E-state index contributed by atoms with van der Waals surface area (Å²) in [5, 5.41) is 18.5. The molecule has 0 aliphatic rings. The van der Waals surface area contributed by atoms with E-state index in [0.717, 1.165) is 11.1 Å². The molecule has 5 heteroatoms. The number of benzene rings is 2. The molecule has 0 unspecified atom stereocenters. The van der Waals surface area contributed by atoms with Gasteiger partial charge in [-0.15, -0.1) is 0 Å². The molecule has 2 rings (SSSR count). The summed E-state index contributed by atoms with van der Waals surface area (Å²) in [7, 11) is 0. The zero-order valence-corrected chi connectivity index (χ0v) is 16.6. The summed E-state index contributed by atoms with van der Waals surface area (Å²) in [5.74, 6) is -3.97. The number of rotatable bonds is 8. The number of carbonyl (C=O) groups is 2. The zero-order valence-electron chi connectivity index (χ0n) is 16.4. The number of aliphatic carboxylic acids is 2. The maximum absolute atomic E-state index is 11.3. The van der Waals surface area contributed by atoms with E-state index in [0.29, 0.717) is 12.8 Å². The van der Waals surface area contributed by atoms with Gasteiger partial charge in [0.05, 0.1) is 0 Å². The summed E-state index contributed by atoms with van der Waals surface area (Å²) in [6.07, 6.45) is 1.33. The van der Waals surface area contributed by atoms with Gasteiger partial charge in [-0.1, -0.05) is 67.6 Å². The topological polar surface area (TPSA) is 74.6 Å². The van der Waals surface area contributed by atoms with E-state index < -0.39 is 23.3 Å². The minimum Gasteiger partial charge on any atom is -1.00 e. The van der Waals surface area contributed by atoms with Crippen molar-refractivity contribution < 1.29 is 22.7 Å². The fourth-order valence-corrected chi connectivity index (χ4v) is 3.16. The number of carboxylic acids is 2. The van der Waals surface area contributed by atoms with Gasteiger partial charge in [0, 0.05) is 0 Å². The van der Waals surface area contributed by atoms with Gasteiger partial charge in [0.1, 0.15) is 0 Å². The van der Waals surface area contributed by atoms with Gasteiger partial charge in [0.2, 0.25) is 0 Å². The van der Waals surface area contributed by atoms with Crippen LogP contribution in [0.25, 0.3) is 0 Å². The van der Waals surface area contributed by atoms with E-state index in [1.165, 1.54) is 0 Å². The standard InChI is InChI=1S/C20H22O4.Ca.2H/c1-20(12-15-8-4-2-5-9-15,13-16-10-6-3-7-11-16)14-17(18(21)22)19(23)24;;;/h2-11,17H,12-14H2,1H3,(H,21,22)(H,23,24);;;/q;+2;2*-1. The molecular formula is C20H24CaO4. The molecule has 25 heavy (non-hydrogen) atoms. The van der Waals surface area contributed by atoms with Crippen LogP contribution in [0.5, 0.6) is 0 Å². The third-order valence-electron chi connectivity index (χ3n) is 4.24. The number of hydrogen-bond acceptors (Lipinski definition) is 2. The van der Waals surface area contributed by atoms with Crippen molar-refractivity contribution in [1.29, 1.82) is 0 Å². The number of hydrogen-bond donors (Lipinski definition) is 2. The molecule has 0 fully saturated rings. The van der Waals surface area contributed by atoms with Crippen LogP contribution in [0.2, 0.25) is 0 Å². The van der Waals surface area contributed by atoms with E-state index >= 15 is 0 Å². The summed E-state index contributed by atoms with van der Waals surface area (Å²) in [4.78, 5) is 22.7. The average molecular weight is 368 g/mol. The molecule has 2 N–H and O–H groups in total. The first kappa shape index (κ1) is 21.7. The van der Waals surface area contributed by atoms with Gasteiger partial charge >= 0.3 is 49.7 Å². The van der Waals surface area contributed by atoms with E-state index in [4.69, 9.17) is 0 Å². The van der Waals surface area contributed by atoms with Crippen LogP contribution in [0, 0.1) is 11.3 Å². The molecule has 0 aliphatic heterocycles. The molecule has 2 aromatic carbocycles. The van der Waals surface area contributed by atoms with Crippen LogP contribution in [-0.4, -0.2) is 59.9 Å². The summed E-state index contributed by atoms with van der Waals surface area (Å²) in [6, 6.07) is 19.5. The van der Waals surface area contributed by atoms with E-state index in [2.05, 4.69) is 0 Å². The second-order valence-corrected chi connectivity index (χ2v) is 6.57. The van der Waals surface area contributed by atoms with Gasteiger partial charge in [0.25, 0.3) is 0 Å². The molecular weight excluding hydrogens is 344 g/mol. The monoisotopic (exact) mass is 368 g/mol. The molecule has 130 valence electrons. The van der Waals surface area contributed by atoms with Crippen LogP contribution in [0.15, 0.2) is 60.7 Å².